The van der Waals surface area contributed by atoms with Gasteiger partial charge in [0.2, 0.25) is 0 Å². The maximum Gasteiger partial charge on any atom is 0.256 e. The molecular formula is C19H22N2O3. The van der Waals surface area contributed by atoms with Gasteiger partial charge in [-0.3, -0.25) is 4.79 Å². The van der Waals surface area contributed by atoms with Crippen molar-refractivity contribution in [3.63, 3.8) is 0 Å². The first-order chi connectivity index (χ1) is 11.7. The Labute approximate surface area is 142 Å². The summed E-state index contributed by atoms with van der Waals surface area (Å²) in [5.74, 6) is 0.616. The molecule has 24 heavy (non-hydrogen) atoms. The Morgan fingerprint density at radius 3 is 2.58 bits per heavy atom. The third kappa shape index (κ3) is 4.36. The van der Waals surface area contributed by atoms with Crippen molar-refractivity contribution in [2.45, 2.75) is 0 Å². The Hall–Kier alpha value is -2.79. The van der Waals surface area contributed by atoms with Gasteiger partial charge >= 0.3 is 0 Å². The summed E-state index contributed by atoms with van der Waals surface area (Å²) in [4.78, 5) is 14.3. The topological polar surface area (TPSA) is 61.8 Å². The van der Waals surface area contributed by atoms with Gasteiger partial charge in [0, 0.05) is 18.8 Å². The van der Waals surface area contributed by atoms with E-state index in [1.165, 1.54) is 0 Å². The lowest BCUT2D eigenvalue weighted by molar-refractivity contribution is 0.0744. The molecule has 0 aliphatic heterocycles. The molecule has 0 unspecified atom stereocenters. The number of carbonyl (C=O) groups is 1. The number of hydrogen-bond acceptors (Lipinski definition) is 4. The highest BCUT2D eigenvalue weighted by Gasteiger charge is 2.17. The van der Waals surface area contributed by atoms with Crippen molar-refractivity contribution >= 4 is 17.3 Å². The fraction of sp³-hybridized carbons (Fsp3) is 0.211. The van der Waals surface area contributed by atoms with Crippen molar-refractivity contribution < 1.29 is 14.6 Å². The van der Waals surface area contributed by atoms with Gasteiger partial charge in [0.15, 0.2) is 0 Å². The van der Waals surface area contributed by atoms with E-state index in [4.69, 9.17) is 9.84 Å². The Morgan fingerprint density at radius 1 is 1.25 bits per heavy atom. The average Bonchev–Trinajstić information content (AvgIpc) is 2.62. The minimum Gasteiger partial charge on any atom is -0.497 e. The number of hydrogen-bond donors (Lipinski definition) is 2. The number of amides is 1. The zero-order chi connectivity index (χ0) is 17.4. The first kappa shape index (κ1) is 17.6. The zero-order valence-corrected chi connectivity index (χ0v) is 13.7. The molecule has 2 aromatic rings. The van der Waals surface area contributed by atoms with Gasteiger partial charge in [-0.25, -0.2) is 0 Å². The van der Waals surface area contributed by atoms with Crippen LogP contribution in [0.3, 0.4) is 0 Å². The van der Waals surface area contributed by atoms with Crippen molar-refractivity contribution in [1.29, 1.82) is 0 Å². The van der Waals surface area contributed by atoms with Crippen LogP contribution in [0.25, 0.3) is 0 Å². The van der Waals surface area contributed by atoms with E-state index >= 15 is 0 Å². The highest BCUT2D eigenvalue weighted by molar-refractivity contribution is 6.00. The second-order valence-electron chi connectivity index (χ2n) is 5.16. The maximum absolute atomic E-state index is 12.7. The largest absolute Gasteiger partial charge is 0.497 e. The van der Waals surface area contributed by atoms with E-state index in [2.05, 4.69) is 11.9 Å². The molecule has 0 spiro atoms. The molecule has 0 heterocycles. The van der Waals surface area contributed by atoms with Gasteiger partial charge in [0.25, 0.3) is 5.91 Å². The SMILES string of the molecule is C=CCN(CCO)C(=O)c1ccccc1Nc1ccc(OC)cc1. The quantitative estimate of drug-likeness (QED) is 0.732. The predicted octanol–water partition coefficient (Wildman–Crippen LogP) is 3.06. The third-order valence-corrected chi connectivity index (χ3v) is 3.53. The number of carbonyl (C=O) groups excluding carboxylic acids is 1. The van der Waals surface area contributed by atoms with E-state index in [1.54, 1.807) is 24.2 Å². The minimum absolute atomic E-state index is 0.0896. The second-order valence-corrected chi connectivity index (χ2v) is 5.16. The predicted molar refractivity (Wildman–Crippen MR) is 95.9 cm³/mol. The van der Waals surface area contributed by atoms with E-state index in [9.17, 15) is 4.79 Å². The van der Waals surface area contributed by atoms with Gasteiger partial charge in [-0.1, -0.05) is 18.2 Å². The summed E-state index contributed by atoms with van der Waals surface area (Å²) < 4.78 is 5.14. The van der Waals surface area contributed by atoms with Crippen LogP contribution in [0.1, 0.15) is 10.4 Å². The number of aliphatic hydroxyl groups excluding tert-OH is 1. The van der Waals surface area contributed by atoms with Crippen LogP contribution < -0.4 is 10.1 Å². The summed E-state index contributed by atoms with van der Waals surface area (Å²) in [5, 5.41) is 12.4. The first-order valence-electron chi connectivity index (χ1n) is 7.70. The summed E-state index contributed by atoms with van der Waals surface area (Å²) >= 11 is 0. The molecule has 126 valence electrons. The van der Waals surface area contributed by atoms with Crippen LogP contribution in [-0.4, -0.2) is 42.7 Å². The molecular weight excluding hydrogens is 304 g/mol. The van der Waals surface area contributed by atoms with E-state index in [0.717, 1.165) is 11.4 Å². The van der Waals surface area contributed by atoms with Crippen molar-refractivity contribution in [3.8, 4) is 5.75 Å². The average molecular weight is 326 g/mol. The van der Waals surface area contributed by atoms with Crippen LogP contribution >= 0.6 is 0 Å². The monoisotopic (exact) mass is 326 g/mol. The molecule has 0 aromatic heterocycles. The summed E-state index contributed by atoms with van der Waals surface area (Å²) in [6.07, 6.45) is 1.65. The molecule has 0 radical (unpaired) electrons. The molecule has 0 bridgehead atoms. The lowest BCUT2D eigenvalue weighted by Gasteiger charge is -2.22. The standard InChI is InChI=1S/C19H22N2O3/c1-3-12-21(13-14-22)19(23)17-6-4-5-7-18(17)20-15-8-10-16(24-2)11-9-15/h3-11,20,22H,1,12-14H2,2H3. The van der Waals surface area contributed by atoms with Crippen molar-refractivity contribution in [2.75, 3.05) is 32.1 Å². The Balaban J connectivity index is 2.25. The van der Waals surface area contributed by atoms with Crippen LogP contribution in [0.15, 0.2) is 61.2 Å². The van der Waals surface area contributed by atoms with Gasteiger partial charge in [-0.05, 0) is 36.4 Å². The maximum atomic E-state index is 12.7. The lowest BCUT2D eigenvalue weighted by atomic mass is 10.1. The summed E-state index contributed by atoms with van der Waals surface area (Å²) in [6.45, 7) is 4.22. The summed E-state index contributed by atoms with van der Waals surface area (Å²) in [5.41, 5.74) is 2.11. The Kier molecular flexibility index (Phi) is 6.40. The van der Waals surface area contributed by atoms with Gasteiger partial charge in [0.05, 0.1) is 25.0 Å². The Morgan fingerprint density at radius 2 is 1.96 bits per heavy atom. The molecule has 5 nitrogen and oxygen atoms in total. The number of nitrogens with zero attached hydrogens (tertiary/aromatic N) is 1. The first-order valence-corrected chi connectivity index (χ1v) is 7.70. The number of anilines is 2. The van der Waals surface area contributed by atoms with Gasteiger partial charge < -0.3 is 20.1 Å². The number of methoxy groups -OCH3 is 1. The van der Waals surface area contributed by atoms with Crippen LogP contribution in [-0.2, 0) is 0 Å². The number of ether oxygens (including phenoxy) is 1. The van der Waals surface area contributed by atoms with E-state index in [1.807, 2.05) is 42.5 Å². The smallest absolute Gasteiger partial charge is 0.256 e. The van der Waals surface area contributed by atoms with Crippen molar-refractivity contribution in [3.05, 3.63) is 66.7 Å². The molecule has 0 saturated carbocycles. The zero-order valence-electron chi connectivity index (χ0n) is 13.7. The van der Waals surface area contributed by atoms with E-state index < -0.39 is 0 Å². The second kappa shape index (κ2) is 8.74. The van der Waals surface area contributed by atoms with Gasteiger partial charge in [-0.15, -0.1) is 6.58 Å². The highest BCUT2D eigenvalue weighted by Crippen LogP contribution is 2.24. The molecule has 1 amide bonds. The normalized spacial score (nSPS) is 10.1. The number of benzene rings is 2. The number of nitrogens with one attached hydrogen (secondary N) is 1. The third-order valence-electron chi connectivity index (χ3n) is 3.53. The van der Waals surface area contributed by atoms with Crippen molar-refractivity contribution in [1.82, 2.24) is 4.90 Å². The number of rotatable bonds is 8. The van der Waals surface area contributed by atoms with Crippen molar-refractivity contribution in [2.24, 2.45) is 0 Å². The molecule has 2 N–H and O–H groups in total. The molecule has 0 aliphatic carbocycles. The molecule has 2 rings (SSSR count). The molecule has 5 heteroatoms. The molecule has 0 aliphatic rings. The summed E-state index contributed by atoms with van der Waals surface area (Å²) in [7, 11) is 1.62. The summed E-state index contributed by atoms with van der Waals surface area (Å²) in [6, 6.07) is 14.8. The van der Waals surface area contributed by atoms with Crippen LogP contribution in [0, 0.1) is 0 Å². The lowest BCUT2D eigenvalue weighted by Crippen LogP contribution is -2.34. The van der Waals surface area contributed by atoms with Gasteiger partial charge in [0.1, 0.15) is 5.75 Å². The van der Waals surface area contributed by atoms with Crippen LogP contribution in [0.2, 0.25) is 0 Å². The highest BCUT2D eigenvalue weighted by atomic mass is 16.5. The van der Waals surface area contributed by atoms with E-state index in [0.29, 0.717) is 17.8 Å². The number of aliphatic hydroxyl groups is 1. The fourth-order valence-electron chi connectivity index (χ4n) is 2.33. The van der Waals surface area contributed by atoms with Gasteiger partial charge in [-0.2, -0.15) is 0 Å². The van der Waals surface area contributed by atoms with Crippen LogP contribution in [0.4, 0.5) is 11.4 Å². The fourth-order valence-corrected chi connectivity index (χ4v) is 2.33. The van der Waals surface area contributed by atoms with E-state index in [-0.39, 0.29) is 19.1 Å². The van der Waals surface area contributed by atoms with Crippen LogP contribution in [0.5, 0.6) is 5.75 Å². The molecule has 0 atom stereocenters. The molecule has 0 saturated heterocycles. The Bertz CT molecular complexity index is 683. The molecule has 0 fully saturated rings. The number of para-hydroxylation sites is 1. The minimum atomic E-state index is -0.152. The molecule has 2 aromatic carbocycles.